The highest BCUT2D eigenvalue weighted by atomic mass is 35.5. The van der Waals surface area contributed by atoms with Crippen LogP contribution in [0.4, 0.5) is 0 Å². The molecule has 0 aromatic heterocycles. The zero-order valence-electron chi connectivity index (χ0n) is 4.50. The Morgan fingerprint density at radius 2 is 1.88 bits per heavy atom. The number of rotatable bonds is 2. The number of halogens is 1. The van der Waals surface area contributed by atoms with E-state index in [9.17, 15) is 0 Å². The Morgan fingerprint density at radius 1 is 1.50 bits per heavy atom. The molecule has 0 radical (unpaired) electrons. The molecule has 0 aliphatic heterocycles. The van der Waals surface area contributed by atoms with Gasteiger partial charge in [-0.15, -0.1) is 11.6 Å². The Morgan fingerprint density at radius 3 is 1.88 bits per heavy atom. The number of hydrogen-bond donors (Lipinski definition) is 3. The number of hydrogen-bond acceptors (Lipinski definition) is 3. The van der Waals surface area contributed by atoms with Gasteiger partial charge in [-0.25, -0.2) is 0 Å². The van der Waals surface area contributed by atoms with Gasteiger partial charge in [0.05, 0.1) is 0 Å². The van der Waals surface area contributed by atoms with Crippen molar-refractivity contribution in [3.63, 3.8) is 0 Å². The quantitative estimate of drug-likeness (QED) is 0.363. The first-order chi connectivity index (χ1) is 3.42. The zero-order chi connectivity index (χ0) is 6.78. The molecule has 0 fully saturated rings. The second kappa shape index (κ2) is 2.64. The Kier molecular flexibility index (Phi) is 2.70. The van der Waals surface area contributed by atoms with E-state index in [1.807, 2.05) is 0 Å². The van der Waals surface area contributed by atoms with Crippen molar-refractivity contribution in [1.29, 1.82) is 0 Å². The van der Waals surface area contributed by atoms with Crippen molar-refractivity contribution in [2.24, 2.45) is 0 Å². The summed E-state index contributed by atoms with van der Waals surface area (Å²) in [5.41, 5.74) is 0. The highest BCUT2D eigenvalue weighted by molar-refractivity contribution is 6.20. The van der Waals surface area contributed by atoms with Crippen molar-refractivity contribution in [3.05, 3.63) is 0 Å². The van der Waals surface area contributed by atoms with Crippen molar-refractivity contribution >= 4 is 11.6 Å². The van der Waals surface area contributed by atoms with Gasteiger partial charge >= 0.3 is 0 Å². The predicted octanol–water partition coefficient (Wildman–Crippen LogP) is -0.365. The molecular formula is C4H9ClO3. The fraction of sp³-hybridized carbons (Fsp3) is 1.00. The SMILES string of the molecule is CC(Cl)CC(O)(O)O. The van der Waals surface area contributed by atoms with Gasteiger partial charge in [-0.05, 0) is 6.92 Å². The van der Waals surface area contributed by atoms with Crippen molar-refractivity contribution in [1.82, 2.24) is 0 Å². The largest absolute Gasteiger partial charge is 0.344 e. The third-order valence-corrected chi connectivity index (χ3v) is 0.709. The van der Waals surface area contributed by atoms with E-state index in [4.69, 9.17) is 26.9 Å². The zero-order valence-corrected chi connectivity index (χ0v) is 5.26. The smallest absolute Gasteiger partial charge is 0.276 e. The molecule has 0 aliphatic carbocycles. The van der Waals surface area contributed by atoms with Crippen LogP contribution in [0.2, 0.25) is 0 Å². The molecule has 0 aliphatic rings. The molecule has 8 heavy (non-hydrogen) atoms. The molecule has 0 spiro atoms. The molecule has 0 aromatic carbocycles. The van der Waals surface area contributed by atoms with Gasteiger partial charge in [-0.3, -0.25) is 0 Å². The van der Waals surface area contributed by atoms with Crippen LogP contribution in [0.25, 0.3) is 0 Å². The Bertz CT molecular complexity index is 66.2. The van der Waals surface area contributed by atoms with Gasteiger partial charge < -0.3 is 15.3 Å². The molecule has 0 bridgehead atoms. The molecule has 1 atom stereocenters. The lowest BCUT2D eigenvalue weighted by atomic mass is 10.3. The van der Waals surface area contributed by atoms with Gasteiger partial charge in [0.1, 0.15) is 0 Å². The van der Waals surface area contributed by atoms with Crippen LogP contribution in [0.3, 0.4) is 0 Å². The maximum atomic E-state index is 8.21. The standard InChI is InChI=1S/C4H9ClO3/c1-3(5)2-4(6,7)8/h3,6-8H,2H2,1H3. The molecule has 0 aromatic rings. The first kappa shape index (κ1) is 8.17. The highest BCUT2D eigenvalue weighted by Crippen LogP contribution is 2.08. The van der Waals surface area contributed by atoms with Crippen LogP contribution in [0, 0.1) is 0 Å². The Labute approximate surface area is 52.5 Å². The molecule has 4 heteroatoms. The van der Waals surface area contributed by atoms with E-state index < -0.39 is 11.4 Å². The van der Waals surface area contributed by atoms with E-state index in [0.29, 0.717) is 0 Å². The lowest BCUT2D eigenvalue weighted by Crippen LogP contribution is -2.29. The van der Waals surface area contributed by atoms with Crippen LogP contribution in [-0.4, -0.2) is 26.7 Å². The fourth-order valence-corrected chi connectivity index (χ4v) is 0.584. The summed E-state index contributed by atoms with van der Waals surface area (Å²) in [4.78, 5) is 0. The van der Waals surface area contributed by atoms with E-state index in [2.05, 4.69) is 0 Å². The Hall–Kier alpha value is 0.170. The average molecular weight is 141 g/mol. The van der Waals surface area contributed by atoms with Crippen LogP contribution < -0.4 is 0 Å². The molecule has 0 saturated heterocycles. The van der Waals surface area contributed by atoms with Crippen LogP contribution in [-0.2, 0) is 0 Å². The second-order valence-corrected chi connectivity index (χ2v) is 2.50. The van der Waals surface area contributed by atoms with E-state index in [1.54, 1.807) is 6.92 Å². The fourth-order valence-electron chi connectivity index (χ4n) is 0.377. The van der Waals surface area contributed by atoms with Crippen LogP contribution in [0.5, 0.6) is 0 Å². The van der Waals surface area contributed by atoms with E-state index in [0.717, 1.165) is 0 Å². The van der Waals surface area contributed by atoms with Gasteiger partial charge in [-0.2, -0.15) is 0 Å². The van der Waals surface area contributed by atoms with Gasteiger partial charge in [0.15, 0.2) is 0 Å². The third kappa shape index (κ3) is 6.17. The minimum atomic E-state index is -2.61. The van der Waals surface area contributed by atoms with Gasteiger partial charge in [0, 0.05) is 11.8 Å². The van der Waals surface area contributed by atoms with Crippen LogP contribution in [0.15, 0.2) is 0 Å². The van der Waals surface area contributed by atoms with E-state index in [1.165, 1.54) is 0 Å². The summed E-state index contributed by atoms with van der Waals surface area (Å²) in [5.74, 6) is -2.61. The average Bonchev–Trinajstić information content (AvgIpc) is 1.21. The summed E-state index contributed by atoms with van der Waals surface area (Å²) in [6.07, 6.45) is -0.242. The summed E-state index contributed by atoms with van der Waals surface area (Å²) >= 11 is 5.28. The lowest BCUT2D eigenvalue weighted by Gasteiger charge is -2.14. The van der Waals surface area contributed by atoms with Gasteiger partial charge in [-0.1, -0.05) is 0 Å². The van der Waals surface area contributed by atoms with Gasteiger partial charge in [0.25, 0.3) is 5.97 Å². The first-order valence-corrected chi connectivity index (χ1v) is 2.66. The lowest BCUT2D eigenvalue weighted by molar-refractivity contribution is -0.313. The molecule has 3 N–H and O–H groups in total. The maximum absolute atomic E-state index is 8.21. The summed E-state index contributed by atoms with van der Waals surface area (Å²) < 4.78 is 0. The number of aliphatic hydroxyl groups is 3. The first-order valence-electron chi connectivity index (χ1n) is 2.23. The van der Waals surface area contributed by atoms with Crippen molar-refractivity contribution in [2.75, 3.05) is 0 Å². The molecule has 0 rings (SSSR count). The molecular weight excluding hydrogens is 131 g/mol. The van der Waals surface area contributed by atoms with Crippen molar-refractivity contribution < 1.29 is 15.3 Å². The minimum Gasteiger partial charge on any atom is -0.344 e. The minimum absolute atomic E-state index is 0.242. The normalized spacial score (nSPS) is 16.1. The van der Waals surface area contributed by atoms with E-state index in [-0.39, 0.29) is 6.42 Å². The van der Waals surface area contributed by atoms with Crippen LogP contribution in [0.1, 0.15) is 13.3 Å². The second-order valence-electron chi connectivity index (χ2n) is 1.76. The summed E-state index contributed by atoms with van der Waals surface area (Å²) in [6, 6.07) is 0. The molecule has 0 saturated carbocycles. The monoisotopic (exact) mass is 140 g/mol. The number of alkyl halides is 1. The van der Waals surface area contributed by atoms with Crippen LogP contribution >= 0.6 is 11.6 Å². The Balaban J connectivity index is 3.39. The summed E-state index contributed by atoms with van der Waals surface area (Å²) in [6.45, 7) is 1.55. The molecule has 3 nitrogen and oxygen atoms in total. The topological polar surface area (TPSA) is 60.7 Å². The van der Waals surface area contributed by atoms with Gasteiger partial charge in [0.2, 0.25) is 0 Å². The summed E-state index contributed by atoms with van der Waals surface area (Å²) in [5, 5.41) is 24.2. The third-order valence-electron chi connectivity index (χ3n) is 0.555. The van der Waals surface area contributed by atoms with Crippen molar-refractivity contribution in [3.8, 4) is 0 Å². The summed E-state index contributed by atoms with van der Waals surface area (Å²) in [7, 11) is 0. The van der Waals surface area contributed by atoms with Crippen molar-refractivity contribution in [2.45, 2.75) is 24.7 Å². The van der Waals surface area contributed by atoms with E-state index >= 15 is 0 Å². The predicted molar refractivity (Wildman–Crippen MR) is 29.3 cm³/mol. The molecule has 1 unspecified atom stereocenters. The maximum Gasteiger partial charge on any atom is 0.276 e. The molecule has 50 valence electrons. The highest BCUT2D eigenvalue weighted by Gasteiger charge is 2.20. The molecule has 0 heterocycles. The molecule has 0 amide bonds.